The minimum Gasteiger partial charge on any atom is -0.352 e. The first-order chi connectivity index (χ1) is 16.6. The van der Waals surface area contributed by atoms with Gasteiger partial charge in [0.2, 0.25) is 0 Å². The summed E-state index contributed by atoms with van der Waals surface area (Å²) in [7, 11) is 0. The number of aromatic nitrogens is 2. The molecule has 0 aliphatic carbocycles. The van der Waals surface area contributed by atoms with Crippen LogP contribution in [0.15, 0.2) is 88.9 Å². The van der Waals surface area contributed by atoms with E-state index in [1.807, 2.05) is 30.5 Å². The summed E-state index contributed by atoms with van der Waals surface area (Å²) in [6, 6.07) is 19.9. The predicted molar refractivity (Wildman–Crippen MR) is 133 cm³/mol. The number of nitrogens with zero attached hydrogens (tertiary/aromatic N) is 1. The number of carbonyl (C=O) groups is 1. The topological polar surface area (TPSA) is 57.8 Å². The minimum atomic E-state index is -0.298. The zero-order valence-electron chi connectivity index (χ0n) is 18.8. The largest absolute Gasteiger partial charge is 0.352 e. The fraction of sp³-hybridized carbons (Fsp3) is 0.143. The molecule has 1 heterocycles. The van der Waals surface area contributed by atoms with Gasteiger partial charge >= 0.3 is 0 Å². The Hall–Kier alpha value is -3.82. The van der Waals surface area contributed by atoms with E-state index in [2.05, 4.69) is 52.5 Å². The van der Waals surface area contributed by atoms with Gasteiger partial charge in [0.15, 0.2) is 0 Å². The number of hydrogen-bond acceptors (Lipinski definition) is 3. The van der Waals surface area contributed by atoms with Crippen LogP contribution in [-0.2, 0) is 6.42 Å². The highest BCUT2D eigenvalue weighted by atomic mass is 32.2. The summed E-state index contributed by atoms with van der Waals surface area (Å²) in [5.41, 5.74) is 4.31. The molecule has 4 aromatic rings. The average molecular weight is 470 g/mol. The Kier molecular flexibility index (Phi) is 7.79. The molecule has 4 nitrogen and oxygen atoms in total. The number of aromatic amines is 1. The van der Waals surface area contributed by atoms with Crippen molar-refractivity contribution < 1.29 is 9.18 Å². The number of H-pyrrole nitrogens is 1. The van der Waals surface area contributed by atoms with E-state index in [1.165, 1.54) is 17.7 Å². The van der Waals surface area contributed by atoms with Crippen LogP contribution in [0.2, 0.25) is 0 Å². The molecule has 3 aromatic carbocycles. The molecule has 6 heteroatoms. The first-order valence-electron chi connectivity index (χ1n) is 11.0. The molecule has 0 spiro atoms. The van der Waals surface area contributed by atoms with Crippen LogP contribution >= 0.6 is 11.8 Å². The lowest BCUT2D eigenvalue weighted by Gasteiger charge is -2.09. The van der Waals surface area contributed by atoms with E-state index >= 15 is 0 Å². The molecule has 0 radical (unpaired) electrons. The second kappa shape index (κ2) is 11.4. The Labute approximate surface area is 203 Å². The van der Waals surface area contributed by atoms with Crippen molar-refractivity contribution in [2.24, 2.45) is 0 Å². The van der Waals surface area contributed by atoms with Gasteiger partial charge in [-0.15, -0.1) is 0 Å². The summed E-state index contributed by atoms with van der Waals surface area (Å²) >= 11 is 1.60. The van der Waals surface area contributed by atoms with Crippen molar-refractivity contribution >= 4 is 17.7 Å². The van der Waals surface area contributed by atoms with Crippen molar-refractivity contribution in [1.82, 2.24) is 15.5 Å². The second-order valence-corrected chi connectivity index (χ2v) is 8.97. The lowest BCUT2D eigenvalue weighted by atomic mass is 10.1. The van der Waals surface area contributed by atoms with Gasteiger partial charge in [0.05, 0.1) is 6.20 Å². The van der Waals surface area contributed by atoms with Crippen LogP contribution in [0.5, 0.6) is 0 Å². The number of rotatable bonds is 7. The molecule has 1 amide bonds. The normalized spacial score (nSPS) is 10.4. The lowest BCUT2D eigenvalue weighted by molar-refractivity contribution is 0.0953. The molecule has 0 bridgehead atoms. The van der Waals surface area contributed by atoms with Crippen LogP contribution < -0.4 is 5.32 Å². The van der Waals surface area contributed by atoms with Crippen molar-refractivity contribution in [3.63, 3.8) is 0 Å². The van der Waals surface area contributed by atoms with Crippen molar-refractivity contribution in [1.29, 1.82) is 0 Å². The summed E-state index contributed by atoms with van der Waals surface area (Å²) in [5, 5.41) is 9.71. The van der Waals surface area contributed by atoms with Crippen molar-refractivity contribution in [3.05, 3.63) is 113 Å². The number of nitrogens with one attached hydrogen (secondary N) is 2. The van der Waals surface area contributed by atoms with Gasteiger partial charge in [0.1, 0.15) is 5.82 Å². The predicted octanol–water partition coefficient (Wildman–Crippen LogP) is 5.77. The summed E-state index contributed by atoms with van der Waals surface area (Å²) in [5.74, 6) is 5.84. The summed E-state index contributed by atoms with van der Waals surface area (Å²) in [4.78, 5) is 14.8. The second-order valence-electron chi connectivity index (χ2n) is 7.85. The first-order valence-corrected chi connectivity index (χ1v) is 11.8. The summed E-state index contributed by atoms with van der Waals surface area (Å²) < 4.78 is 13.2. The number of hydrogen-bond donors (Lipinski definition) is 2. The highest BCUT2D eigenvalue weighted by Gasteiger charge is 2.10. The maximum atomic E-state index is 13.2. The number of carbonyl (C=O) groups excluding carboxylic acids is 1. The number of amides is 1. The zero-order valence-corrected chi connectivity index (χ0v) is 19.6. The van der Waals surface area contributed by atoms with Gasteiger partial charge in [-0.25, -0.2) is 4.39 Å². The highest BCUT2D eigenvalue weighted by Crippen LogP contribution is 2.31. The number of aryl methyl sites for hydroxylation is 2. The summed E-state index contributed by atoms with van der Waals surface area (Å²) in [6.07, 6.45) is 5.32. The molecule has 0 fully saturated rings. The van der Waals surface area contributed by atoms with Gasteiger partial charge in [0, 0.05) is 39.2 Å². The molecule has 0 aliphatic heterocycles. The van der Waals surface area contributed by atoms with Crippen molar-refractivity contribution in [3.8, 4) is 11.8 Å². The Balaban J connectivity index is 1.53. The third kappa shape index (κ3) is 6.60. The van der Waals surface area contributed by atoms with Gasteiger partial charge < -0.3 is 5.32 Å². The third-order valence-electron chi connectivity index (χ3n) is 5.13. The van der Waals surface area contributed by atoms with Gasteiger partial charge in [-0.05, 0) is 79.9 Å². The maximum Gasteiger partial charge on any atom is 0.251 e. The van der Waals surface area contributed by atoms with Gasteiger partial charge in [-0.2, -0.15) is 5.10 Å². The molecular weight excluding hydrogens is 445 g/mol. The first kappa shape index (κ1) is 23.3. The number of benzene rings is 3. The quantitative estimate of drug-likeness (QED) is 0.267. The number of halogens is 1. The zero-order chi connectivity index (χ0) is 23.8. The van der Waals surface area contributed by atoms with Gasteiger partial charge in [-0.3, -0.25) is 9.89 Å². The maximum absolute atomic E-state index is 13.2. The highest BCUT2D eigenvalue weighted by molar-refractivity contribution is 7.99. The molecule has 34 heavy (non-hydrogen) atoms. The standard InChI is InChI=1S/C28H24FN3OS/c1-20-4-2-6-26(16-20)34-27-14-11-24(28(33)30-15-3-5-22-18-31-32-19-22)17-23(27)10-7-21-8-12-25(29)13-9-21/h2,4,6,8-9,11-14,16-19H,3,5,15H2,1H3,(H,30,33)(H,31,32). The van der Waals surface area contributed by atoms with E-state index in [0.717, 1.165) is 33.8 Å². The fourth-order valence-corrected chi connectivity index (χ4v) is 4.35. The monoisotopic (exact) mass is 469 g/mol. The van der Waals surface area contributed by atoms with Crippen LogP contribution in [0.4, 0.5) is 4.39 Å². The molecule has 0 aliphatic rings. The van der Waals surface area contributed by atoms with Crippen LogP contribution in [0.1, 0.15) is 39.0 Å². The third-order valence-corrected chi connectivity index (χ3v) is 6.19. The van der Waals surface area contributed by atoms with Gasteiger partial charge in [0.25, 0.3) is 5.91 Å². The molecule has 170 valence electrons. The van der Waals surface area contributed by atoms with E-state index in [9.17, 15) is 9.18 Å². The molecule has 1 aromatic heterocycles. The van der Waals surface area contributed by atoms with Gasteiger partial charge in [-0.1, -0.05) is 41.3 Å². The van der Waals surface area contributed by atoms with E-state index < -0.39 is 0 Å². The Bertz CT molecular complexity index is 1320. The lowest BCUT2D eigenvalue weighted by Crippen LogP contribution is -2.24. The molecule has 0 unspecified atom stereocenters. The van der Waals surface area contributed by atoms with E-state index in [0.29, 0.717) is 17.7 Å². The molecule has 4 rings (SSSR count). The smallest absolute Gasteiger partial charge is 0.251 e. The Morgan fingerprint density at radius 2 is 1.94 bits per heavy atom. The van der Waals surface area contributed by atoms with E-state index in [-0.39, 0.29) is 11.7 Å². The Morgan fingerprint density at radius 3 is 2.71 bits per heavy atom. The van der Waals surface area contributed by atoms with Crippen molar-refractivity contribution in [2.45, 2.75) is 29.6 Å². The molecule has 2 N–H and O–H groups in total. The molecule has 0 saturated heterocycles. The van der Waals surface area contributed by atoms with Crippen LogP contribution in [-0.4, -0.2) is 22.6 Å². The van der Waals surface area contributed by atoms with E-state index in [4.69, 9.17) is 0 Å². The molecule has 0 saturated carbocycles. The van der Waals surface area contributed by atoms with Crippen LogP contribution in [0, 0.1) is 24.6 Å². The van der Waals surface area contributed by atoms with Crippen molar-refractivity contribution in [2.75, 3.05) is 6.54 Å². The SMILES string of the molecule is Cc1cccc(Sc2ccc(C(=O)NCCCc3cn[nH]c3)cc2C#Cc2ccc(F)cc2)c1. The van der Waals surface area contributed by atoms with Crippen LogP contribution in [0.25, 0.3) is 0 Å². The molecular formula is C28H24FN3OS. The van der Waals surface area contributed by atoms with E-state index in [1.54, 1.807) is 30.1 Å². The Morgan fingerprint density at radius 1 is 1.09 bits per heavy atom. The fourth-order valence-electron chi connectivity index (χ4n) is 3.35. The molecule has 0 atom stereocenters. The minimum absolute atomic E-state index is 0.135. The van der Waals surface area contributed by atoms with Crippen LogP contribution in [0.3, 0.4) is 0 Å². The average Bonchev–Trinajstić information content (AvgIpc) is 3.36. The summed E-state index contributed by atoms with van der Waals surface area (Å²) in [6.45, 7) is 2.62.